The first kappa shape index (κ1) is 13.7. The number of hydrogen-bond acceptors (Lipinski definition) is 4. The van der Waals surface area contributed by atoms with Gasteiger partial charge in [-0.1, -0.05) is 6.92 Å². The van der Waals surface area contributed by atoms with Gasteiger partial charge in [0.1, 0.15) is 0 Å². The van der Waals surface area contributed by atoms with Crippen molar-refractivity contribution in [2.24, 2.45) is 5.73 Å². The van der Waals surface area contributed by atoms with Crippen LogP contribution < -0.4 is 11.1 Å². The monoisotopic (exact) mass is 240 g/mol. The Labute approximate surface area is 101 Å². The molecule has 1 aromatic heterocycles. The average molecular weight is 240 g/mol. The molecule has 0 bridgehead atoms. The van der Waals surface area contributed by atoms with Gasteiger partial charge in [-0.2, -0.15) is 0 Å². The van der Waals surface area contributed by atoms with Gasteiger partial charge >= 0.3 is 0 Å². The van der Waals surface area contributed by atoms with Gasteiger partial charge < -0.3 is 20.7 Å². The third-order valence-corrected chi connectivity index (χ3v) is 2.47. The molecule has 1 rings (SSSR count). The first-order valence-corrected chi connectivity index (χ1v) is 5.82. The fraction of sp³-hybridized carbons (Fsp3) is 0.636. The van der Waals surface area contributed by atoms with Crippen molar-refractivity contribution in [1.29, 1.82) is 0 Å². The van der Waals surface area contributed by atoms with Crippen LogP contribution in [0.15, 0.2) is 12.5 Å². The highest BCUT2D eigenvalue weighted by Gasteiger charge is 2.11. The molecule has 0 aliphatic rings. The zero-order valence-electron chi connectivity index (χ0n) is 10.1. The number of aliphatic hydroxyl groups is 1. The molecule has 6 heteroatoms. The number of aliphatic hydroxyl groups excluding tert-OH is 1. The molecule has 6 nitrogen and oxygen atoms in total. The molecule has 1 aromatic rings. The Kier molecular flexibility index (Phi) is 5.65. The largest absolute Gasteiger partial charge is 0.394 e. The van der Waals surface area contributed by atoms with Gasteiger partial charge in [0.15, 0.2) is 0 Å². The number of aryl methyl sites for hydroxylation is 1. The van der Waals surface area contributed by atoms with E-state index in [1.54, 1.807) is 17.1 Å². The molecule has 0 radical (unpaired) electrons. The fourth-order valence-corrected chi connectivity index (χ4v) is 1.49. The Morgan fingerprint density at radius 3 is 3.12 bits per heavy atom. The Bertz CT molecular complexity index is 351. The van der Waals surface area contributed by atoms with Gasteiger partial charge in [-0.05, 0) is 6.42 Å². The Morgan fingerprint density at radius 2 is 2.47 bits per heavy atom. The summed E-state index contributed by atoms with van der Waals surface area (Å²) < 4.78 is 1.80. The van der Waals surface area contributed by atoms with Crippen LogP contribution in [0.1, 0.15) is 31.5 Å². The Hall–Kier alpha value is -1.40. The molecular formula is C11H20N4O2. The Balaban J connectivity index is 2.46. The number of imidazole rings is 1. The molecule has 1 unspecified atom stereocenters. The van der Waals surface area contributed by atoms with E-state index in [1.807, 2.05) is 6.92 Å². The molecule has 0 spiro atoms. The van der Waals surface area contributed by atoms with Crippen molar-refractivity contribution < 1.29 is 9.90 Å². The second-order valence-electron chi connectivity index (χ2n) is 3.90. The summed E-state index contributed by atoms with van der Waals surface area (Å²) in [7, 11) is 0. The van der Waals surface area contributed by atoms with Gasteiger partial charge in [0.05, 0.1) is 24.7 Å². The van der Waals surface area contributed by atoms with Crippen molar-refractivity contribution in [2.75, 3.05) is 13.2 Å². The van der Waals surface area contributed by atoms with Gasteiger partial charge in [0, 0.05) is 25.7 Å². The SMILES string of the molecule is CCCNC(=O)CCn1cncc1C(N)CO. The standard InChI is InChI=1S/C11H20N4O2/c1-2-4-14-11(17)3-5-15-8-13-6-10(15)9(12)7-16/h6,8-9,16H,2-5,7,12H2,1H3,(H,14,17). The third-order valence-electron chi connectivity index (χ3n) is 2.47. The molecule has 0 saturated heterocycles. The van der Waals surface area contributed by atoms with E-state index < -0.39 is 6.04 Å². The second-order valence-corrected chi connectivity index (χ2v) is 3.90. The van der Waals surface area contributed by atoms with E-state index in [0.29, 0.717) is 19.5 Å². The number of nitrogens with one attached hydrogen (secondary N) is 1. The van der Waals surface area contributed by atoms with Crippen LogP contribution in [0.4, 0.5) is 0 Å². The minimum Gasteiger partial charge on any atom is -0.394 e. The number of amides is 1. The lowest BCUT2D eigenvalue weighted by molar-refractivity contribution is -0.121. The van der Waals surface area contributed by atoms with Crippen molar-refractivity contribution in [3.63, 3.8) is 0 Å². The molecule has 0 saturated carbocycles. The third kappa shape index (κ3) is 4.16. The summed E-state index contributed by atoms with van der Waals surface area (Å²) in [6, 6.07) is -0.448. The highest BCUT2D eigenvalue weighted by atomic mass is 16.3. The summed E-state index contributed by atoms with van der Waals surface area (Å²) in [4.78, 5) is 15.4. The molecule has 0 fully saturated rings. The normalized spacial score (nSPS) is 12.4. The zero-order valence-corrected chi connectivity index (χ0v) is 10.1. The number of carbonyl (C=O) groups is 1. The summed E-state index contributed by atoms with van der Waals surface area (Å²) >= 11 is 0. The van der Waals surface area contributed by atoms with Crippen LogP contribution in [0.3, 0.4) is 0 Å². The Morgan fingerprint density at radius 1 is 1.71 bits per heavy atom. The number of nitrogens with two attached hydrogens (primary N) is 1. The van der Waals surface area contributed by atoms with Gasteiger partial charge in [-0.25, -0.2) is 4.98 Å². The van der Waals surface area contributed by atoms with E-state index >= 15 is 0 Å². The predicted octanol–water partition coefficient (Wildman–Crippen LogP) is -0.208. The molecule has 1 amide bonds. The van der Waals surface area contributed by atoms with Gasteiger partial charge in [-0.15, -0.1) is 0 Å². The van der Waals surface area contributed by atoms with Crippen molar-refractivity contribution >= 4 is 5.91 Å². The van der Waals surface area contributed by atoms with Crippen molar-refractivity contribution in [2.45, 2.75) is 32.4 Å². The minimum atomic E-state index is -0.448. The van der Waals surface area contributed by atoms with E-state index in [2.05, 4.69) is 10.3 Å². The highest BCUT2D eigenvalue weighted by molar-refractivity contribution is 5.75. The first-order valence-electron chi connectivity index (χ1n) is 5.82. The van der Waals surface area contributed by atoms with Crippen LogP contribution in [0, 0.1) is 0 Å². The molecule has 96 valence electrons. The maximum Gasteiger partial charge on any atom is 0.221 e. The van der Waals surface area contributed by atoms with Crippen LogP contribution in [-0.4, -0.2) is 33.7 Å². The van der Waals surface area contributed by atoms with Gasteiger partial charge in [-0.3, -0.25) is 4.79 Å². The second kappa shape index (κ2) is 7.03. The topological polar surface area (TPSA) is 93.2 Å². The smallest absolute Gasteiger partial charge is 0.221 e. The summed E-state index contributed by atoms with van der Waals surface area (Å²) in [6.07, 6.45) is 4.56. The van der Waals surface area contributed by atoms with Crippen LogP contribution in [-0.2, 0) is 11.3 Å². The molecule has 0 aliphatic carbocycles. The summed E-state index contributed by atoms with van der Waals surface area (Å²) in [6.45, 7) is 3.10. The predicted molar refractivity (Wildman–Crippen MR) is 64.2 cm³/mol. The van der Waals surface area contributed by atoms with Crippen molar-refractivity contribution in [1.82, 2.24) is 14.9 Å². The van der Waals surface area contributed by atoms with Crippen LogP contribution in [0.25, 0.3) is 0 Å². The van der Waals surface area contributed by atoms with Gasteiger partial charge in [0.2, 0.25) is 5.91 Å². The van der Waals surface area contributed by atoms with Crippen molar-refractivity contribution in [3.8, 4) is 0 Å². The number of nitrogens with zero attached hydrogens (tertiary/aromatic N) is 2. The van der Waals surface area contributed by atoms with E-state index in [9.17, 15) is 4.79 Å². The van der Waals surface area contributed by atoms with Gasteiger partial charge in [0.25, 0.3) is 0 Å². The summed E-state index contributed by atoms with van der Waals surface area (Å²) in [5.41, 5.74) is 6.46. The summed E-state index contributed by atoms with van der Waals surface area (Å²) in [5, 5.41) is 11.8. The van der Waals surface area contributed by atoms with E-state index in [0.717, 1.165) is 12.1 Å². The van der Waals surface area contributed by atoms with Crippen molar-refractivity contribution in [3.05, 3.63) is 18.2 Å². The molecule has 0 aliphatic heterocycles. The van der Waals surface area contributed by atoms with Crippen LogP contribution in [0.2, 0.25) is 0 Å². The van der Waals surface area contributed by atoms with E-state index in [-0.39, 0.29) is 12.5 Å². The minimum absolute atomic E-state index is 0.0177. The summed E-state index contributed by atoms with van der Waals surface area (Å²) in [5.74, 6) is 0.0177. The number of carbonyl (C=O) groups excluding carboxylic acids is 1. The molecule has 1 heterocycles. The van der Waals surface area contributed by atoms with Crippen LogP contribution in [0.5, 0.6) is 0 Å². The maximum absolute atomic E-state index is 11.4. The highest BCUT2D eigenvalue weighted by Crippen LogP contribution is 2.09. The fourth-order valence-electron chi connectivity index (χ4n) is 1.49. The molecule has 1 atom stereocenters. The maximum atomic E-state index is 11.4. The molecule has 17 heavy (non-hydrogen) atoms. The van der Waals surface area contributed by atoms with E-state index in [1.165, 1.54) is 0 Å². The van der Waals surface area contributed by atoms with E-state index in [4.69, 9.17) is 10.8 Å². The number of hydrogen-bond donors (Lipinski definition) is 3. The molecule has 0 aromatic carbocycles. The lowest BCUT2D eigenvalue weighted by Gasteiger charge is -2.12. The average Bonchev–Trinajstić information content (AvgIpc) is 2.81. The number of aromatic nitrogens is 2. The first-order chi connectivity index (χ1) is 8.19. The lowest BCUT2D eigenvalue weighted by atomic mass is 10.2. The zero-order chi connectivity index (χ0) is 12.7. The molecular weight excluding hydrogens is 220 g/mol. The lowest BCUT2D eigenvalue weighted by Crippen LogP contribution is -2.26. The quantitative estimate of drug-likeness (QED) is 0.615. The number of rotatable bonds is 7. The molecule has 4 N–H and O–H groups in total. The van der Waals surface area contributed by atoms with Crippen LogP contribution >= 0.6 is 0 Å².